The van der Waals surface area contributed by atoms with E-state index in [0.717, 1.165) is 12.1 Å². The number of hydrogen-bond acceptors (Lipinski definition) is 4. The van der Waals surface area contributed by atoms with Crippen LogP contribution in [0.5, 0.6) is 0 Å². The lowest BCUT2D eigenvalue weighted by atomic mass is 9.75. The Hall–Kier alpha value is -2.28. The number of nitrogens with zero attached hydrogens (tertiary/aromatic N) is 1. The van der Waals surface area contributed by atoms with Gasteiger partial charge in [0.15, 0.2) is 0 Å². The predicted molar refractivity (Wildman–Crippen MR) is 80.9 cm³/mol. The van der Waals surface area contributed by atoms with Gasteiger partial charge in [-0.2, -0.15) is 0 Å². The molecule has 0 bridgehead atoms. The zero-order valence-electron chi connectivity index (χ0n) is 13.1. The van der Waals surface area contributed by atoms with Crippen molar-refractivity contribution in [1.29, 1.82) is 0 Å². The van der Waals surface area contributed by atoms with Crippen molar-refractivity contribution in [3.63, 3.8) is 0 Å². The second-order valence-corrected chi connectivity index (χ2v) is 6.21. The number of aryl methyl sites for hydroxylation is 1. The number of aliphatic hydroxyl groups is 1. The maximum absolute atomic E-state index is 14.1. The fraction of sp³-hybridized carbons (Fsp3) is 0.412. The molecule has 0 saturated heterocycles. The molecule has 1 aliphatic carbocycles. The Bertz CT molecular complexity index is 741. The lowest BCUT2D eigenvalue weighted by Crippen LogP contribution is -2.42. The Labute approximate surface area is 137 Å². The van der Waals surface area contributed by atoms with Crippen LogP contribution in [-0.4, -0.2) is 22.3 Å². The number of benzene rings is 1. The number of aliphatic hydroxyl groups excluding tert-OH is 1. The highest BCUT2D eigenvalue weighted by atomic mass is 19.1. The molecule has 2 aromatic rings. The topological polar surface area (TPSA) is 75.4 Å². The standard InChI is InChI=1S/C17H18F2N2O3/c1-9-4-13(24-21-9)8-16(23)20-17(10-5-12(22)6-10)14-3-2-11(18)7-15(14)19/h2-4,7,10,12,17,22H,5-6,8H2,1H3,(H,20,23). The third-order valence-corrected chi connectivity index (χ3v) is 4.25. The van der Waals surface area contributed by atoms with Crippen molar-refractivity contribution in [3.8, 4) is 0 Å². The summed E-state index contributed by atoms with van der Waals surface area (Å²) in [6.07, 6.45) is 0.455. The van der Waals surface area contributed by atoms with E-state index in [1.807, 2.05) is 0 Å². The van der Waals surface area contributed by atoms with E-state index in [-0.39, 0.29) is 23.8 Å². The minimum atomic E-state index is -0.711. The fourth-order valence-corrected chi connectivity index (χ4v) is 2.99. The minimum Gasteiger partial charge on any atom is -0.393 e. The van der Waals surface area contributed by atoms with E-state index < -0.39 is 23.8 Å². The number of aromatic nitrogens is 1. The second kappa shape index (κ2) is 6.68. The van der Waals surface area contributed by atoms with E-state index >= 15 is 0 Å². The first-order valence-corrected chi connectivity index (χ1v) is 7.77. The Morgan fingerprint density at radius 3 is 2.75 bits per heavy atom. The number of amides is 1. The molecule has 1 saturated carbocycles. The number of carbonyl (C=O) groups is 1. The van der Waals surface area contributed by atoms with Crippen LogP contribution in [0, 0.1) is 24.5 Å². The first-order valence-electron chi connectivity index (χ1n) is 7.77. The highest BCUT2D eigenvalue weighted by Gasteiger charge is 2.37. The summed E-state index contributed by atoms with van der Waals surface area (Å²) in [6, 6.07) is 4.32. The van der Waals surface area contributed by atoms with Crippen molar-refractivity contribution in [3.05, 3.63) is 52.9 Å². The Kier molecular flexibility index (Phi) is 4.62. The average molecular weight is 336 g/mol. The van der Waals surface area contributed by atoms with Crippen LogP contribution in [0.4, 0.5) is 8.78 Å². The predicted octanol–water partition coefficient (Wildman–Crippen LogP) is 2.43. The zero-order valence-corrected chi connectivity index (χ0v) is 13.1. The van der Waals surface area contributed by atoms with Crippen molar-refractivity contribution < 1.29 is 23.2 Å². The summed E-state index contributed by atoms with van der Waals surface area (Å²) in [6.45, 7) is 1.75. The van der Waals surface area contributed by atoms with Gasteiger partial charge in [-0.15, -0.1) is 0 Å². The summed E-state index contributed by atoms with van der Waals surface area (Å²) in [5, 5.41) is 16.0. The molecule has 7 heteroatoms. The van der Waals surface area contributed by atoms with Gasteiger partial charge >= 0.3 is 0 Å². The van der Waals surface area contributed by atoms with Crippen LogP contribution in [0.2, 0.25) is 0 Å². The molecule has 1 atom stereocenters. The van der Waals surface area contributed by atoms with Gasteiger partial charge in [-0.3, -0.25) is 4.79 Å². The van der Waals surface area contributed by atoms with Crippen LogP contribution < -0.4 is 5.32 Å². The molecule has 0 spiro atoms. The van der Waals surface area contributed by atoms with Gasteiger partial charge in [0.2, 0.25) is 5.91 Å². The summed E-state index contributed by atoms with van der Waals surface area (Å²) >= 11 is 0. The van der Waals surface area contributed by atoms with Crippen molar-refractivity contribution in [2.75, 3.05) is 0 Å². The van der Waals surface area contributed by atoms with Crippen molar-refractivity contribution in [2.45, 2.75) is 38.3 Å². The van der Waals surface area contributed by atoms with Gasteiger partial charge in [-0.05, 0) is 31.7 Å². The monoisotopic (exact) mass is 336 g/mol. The van der Waals surface area contributed by atoms with Gasteiger partial charge in [0.1, 0.15) is 17.4 Å². The Balaban J connectivity index is 1.76. The summed E-state index contributed by atoms with van der Waals surface area (Å²) in [5.74, 6) is -1.41. The molecule has 1 amide bonds. The molecule has 1 aliphatic rings. The largest absolute Gasteiger partial charge is 0.393 e. The number of hydrogen-bond donors (Lipinski definition) is 2. The normalized spacial score (nSPS) is 21.2. The maximum Gasteiger partial charge on any atom is 0.228 e. The molecule has 1 aromatic heterocycles. The summed E-state index contributed by atoms with van der Waals surface area (Å²) in [7, 11) is 0. The van der Waals surface area contributed by atoms with E-state index in [1.165, 1.54) is 6.07 Å². The molecule has 24 heavy (non-hydrogen) atoms. The molecule has 5 nitrogen and oxygen atoms in total. The van der Waals surface area contributed by atoms with Crippen molar-refractivity contribution in [2.24, 2.45) is 5.92 Å². The molecule has 1 aromatic carbocycles. The smallest absolute Gasteiger partial charge is 0.228 e. The minimum absolute atomic E-state index is 0.0184. The maximum atomic E-state index is 14.1. The third kappa shape index (κ3) is 3.62. The quantitative estimate of drug-likeness (QED) is 0.879. The highest BCUT2D eigenvalue weighted by molar-refractivity contribution is 5.78. The van der Waals surface area contributed by atoms with Crippen molar-refractivity contribution in [1.82, 2.24) is 10.5 Å². The average Bonchev–Trinajstić information content (AvgIpc) is 2.87. The van der Waals surface area contributed by atoms with Crippen LogP contribution in [-0.2, 0) is 11.2 Å². The zero-order chi connectivity index (χ0) is 17.3. The SMILES string of the molecule is Cc1cc(CC(=O)NC(c2ccc(F)cc2F)C2CC(O)C2)on1. The van der Waals surface area contributed by atoms with Crippen molar-refractivity contribution >= 4 is 5.91 Å². The van der Waals surface area contributed by atoms with E-state index in [1.54, 1.807) is 13.0 Å². The molecule has 0 aliphatic heterocycles. The van der Waals surface area contributed by atoms with Gasteiger partial charge in [-0.25, -0.2) is 8.78 Å². The van der Waals surface area contributed by atoms with Gasteiger partial charge in [0, 0.05) is 17.7 Å². The van der Waals surface area contributed by atoms with E-state index in [0.29, 0.717) is 24.3 Å². The molecular formula is C17H18F2N2O3. The van der Waals surface area contributed by atoms with E-state index in [9.17, 15) is 18.7 Å². The van der Waals surface area contributed by atoms with Gasteiger partial charge in [0.05, 0.1) is 24.3 Å². The lowest BCUT2D eigenvalue weighted by Gasteiger charge is -2.38. The molecule has 1 fully saturated rings. The molecule has 1 heterocycles. The molecule has 1 unspecified atom stereocenters. The van der Waals surface area contributed by atoms with Crippen LogP contribution in [0.3, 0.4) is 0 Å². The molecule has 0 radical (unpaired) electrons. The molecule has 128 valence electrons. The van der Waals surface area contributed by atoms with Gasteiger partial charge in [0.25, 0.3) is 0 Å². The van der Waals surface area contributed by atoms with Crippen LogP contribution >= 0.6 is 0 Å². The highest BCUT2D eigenvalue weighted by Crippen LogP contribution is 2.39. The summed E-state index contributed by atoms with van der Waals surface area (Å²) in [4.78, 5) is 12.3. The summed E-state index contributed by atoms with van der Waals surface area (Å²) in [5.41, 5.74) is 0.886. The Morgan fingerprint density at radius 1 is 1.42 bits per heavy atom. The van der Waals surface area contributed by atoms with Crippen LogP contribution in [0.15, 0.2) is 28.8 Å². The number of nitrogens with one attached hydrogen (secondary N) is 1. The van der Waals surface area contributed by atoms with Crippen LogP contribution in [0.25, 0.3) is 0 Å². The van der Waals surface area contributed by atoms with E-state index in [2.05, 4.69) is 10.5 Å². The third-order valence-electron chi connectivity index (χ3n) is 4.25. The Morgan fingerprint density at radius 2 is 2.17 bits per heavy atom. The first kappa shape index (κ1) is 16.6. The fourth-order valence-electron chi connectivity index (χ4n) is 2.99. The van der Waals surface area contributed by atoms with Gasteiger partial charge < -0.3 is 14.9 Å². The molecule has 3 rings (SSSR count). The number of rotatable bonds is 5. The second-order valence-electron chi connectivity index (χ2n) is 6.21. The summed E-state index contributed by atoms with van der Waals surface area (Å²) < 4.78 is 32.3. The molecular weight excluding hydrogens is 318 g/mol. The number of halogens is 2. The van der Waals surface area contributed by atoms with Gasteiger partial charge in [-0.1, -0.05) is 11.2 Å². The number of carbonyl (C=O) groups excluding carboxylic acids is 1. The van der Waals surface area contributed by atoms with Crippen LogP contribution in [0.1, 0.15) is 35.9 Å². The first-order chi connectivity index (χ1) is 11.4. The van der Waals surface area contributed by atoms with E-state index in [4.69, 9.17) is 4.52 Å². The molecule has 2 N–H and O–H groups in total. The lowest BCUT2D eigenvalue weighted by molar-refractivity contribution is -0.122.